The third-order valence-electron chi connectivity index (χ3n) is 5.14. The van der Waals surface area contributed by atoms with Crippen LogP contribution in [0.4, 0.5) is 5.69 Å². The molecule has 0 aliphatic carbocycles. The van der Waals surface area contributed by atoms with Crippen LogP contribution >= 0.6 is 11.3 Å². The molecule has 0 amide bonds. The van der Waals surface area contributed by atoms with Gasteiger partial charge >= 0.3 is 0 Å². The van der Waals surface area contributed by atoms with Gasteiger partial charge in [-0.05, 0) is 63.4 Å². The summed E-state index contributed by atoms with van der Waals surface area (Å²) in [7, 11) is 3.31. The van der Waals surface area contributed by atoms with Crippen molar-refractivity contribution in [3.8, 4) is 11.5 Å². The molecule has 2 aromatic heterocycles. The topological polar surface area (TPSA) is 69.7 Å². The third kappa shape index (κ3) is 2.92. The zero-order valence-corrected chi connectivity index (χ0v) is 18.0. The van der Waals surface area contributed by atoms with Gasteiger partial charge in [-0.3, -0.25) is 4.99 Å². The summed E-state index contributed by atoms with van der Waals surface area (Å²) in [5.74, 6) is 1.43. The van der Waals surface area contributed by atoms with E-state index in [2.05, 4.69) is 32.9 Å². The number of nitrogens with two attached hydrogens (primary N) is 1. The second-order valence-electron chi connectivity index (χ2n) is 7.92. The van der Waals surface area contributed by atoms with E-state index in [1.807, 2.05) is 13.0 Å². The number of aliphatic imine (C=N–C) groups is 1. The van der Waals surface area contributed by atoms with Crippen molar-refractivity contribution in [3.05, 3.63) is 45.5 Å². The monoisotopic (exact) mass is 395 g/mol. The fourth-order valence-electron chi connectivity index (χ4n) is 3.97. The summed E-state index contributed by atoms with van der Waals surface area (Å²) in [6.07, 6.45) is 0.827. The van der Waals surface area contributed by atoms with Crippen LogP contribution in [0, 0.1) is 13.8 Å². The molecule has 0 saturated carbocycles. The number of aryl methyl sites for hydroxylation is 2. The number of hydrogen-bond donors (Lipinski definition) is 1. The SMILES string of the molecule is COc1cc2c(cc1OC)C(c1sc3nc(C)cc(C)c3c1N)=NC(C)(C)C2. The predicted molar refractivity (Wildman–Crippen MR) is 116 cm³/mol. The molecule has 28 heavy (non-hydrogen) atoms. The molecule has 0 atom stereocenters. The Balaban J connectivity index is 2.00. The molecule has 3 aromatic rings. The molecule has 2 N–H and O–H groups in total. The summed E-state index contributed by atoms with van der Waals surface area (Å²) in [5, 5.41) is 1.03. The molecule has 5 nitrogen and oxygen atoms in total. The van der Waals surface area contributed by atoms with Gasteiger partial charge in [0.2, 0.25) is 0 Å². The van der Waals surface area contributed by atoms with Gasteiger partial charge in [0.05, 0.1) is 36.0 Å². The van der Waals surface area contributed by atoms with Gasteiger partial charge in [0.1, 0.15) is 4.83 Å². The smallest absolute Gasteiger partial charge is 0.161 e. The summed E-state index contributed by atoms with van der Waals surface area (Å²) >= 11 is 1.61. The van der Waals surface area contributed by atoms with Crippen molar-refractivity contribution in [2.24, 2.45) is 4.99 Å². The quantitative estimate of drug-likeness (QED) is 0.699. The molecular weight excluding hydrogens is 370 g/mol. The second-order valence-corrected chi connectivity index (χ2v) is 8.92. The highest BCUT2D eigenvalue weighted by Crippen LogP contribution is 2.42. The molecule has 0 bridgehead atoms. The van der Waals surface area contributed by atoms with E-state index in [1.165, 1.54) is 5.56 Å². The van der Waals surface area contributed by atoms with E-state index < -0.39 is 0 Å². The van der Waals surface area contributed by atoms with Crippen LogP contribution in [0.15, 0.2) is 23.2 Å². The number of ether oxygens (including phenoxy) is 2. The maximum absolute atomic E-state index is 6.63. The molecule has 1 aromatic carbocycles. The maximum Gasteiger partial charge on any atom is 0.161 e. The van der Waals surface area contributed by atoms with Gasteiger partial charge in [-0.25, -0.2) is 4.98 Å². The number of methoxy groups -OCH3 is 2. The van der Waals surface area contributed by atoms with Gasteiger partial charge in [-0.15, -0.1) is 11.3 Å². The van der Waals surface area contributed by atoms with E-state index in [-0.39, 0.29) is 5.54 Å². The Hall–Kier alpha value is -2.60. The first-order chi connectivity index (χ1) is 13.2. The second kappa shape index (κ2) is 6.48. The van der Waals surface area contributed by atoms with Crippen LogP contribution in [0.5, 0.6) is 11.5 Å². The van der Waals surface area contributed by atoms with Gasteiger partial charge in [0.25, 0.3) is 0 Å². The molecule has 0 radical (unpaired) electrons. The number of benzene rings is 1. The number of nitrogen functional groups attached to an aromatic ring is 1. The largest absolute Gasteiger partial charge is 0.493 e. The number of nitrogens with zero attached hydrogens (tertiary/aromatic N) is 2. The van der Waals surface area contributed by atoms with Gasteiger partial charge < -0.3 is 15.2 Å². The van der Waals surface area contributed by atoms with Gasteiger partial charge in [0.15, 0.2) is 11.5 Å². The van der Waals surface area contributed by atoms with Crippen molar-refractivity contribution in [2.45, 2.75) is 39.7 Å². The first kappa shape index (κ1) is 18.7. The fraction of sp³-hybridized carbons (Fsp3) is 0.364. The first-order valence-corrected chi connectivity index (χ1v) is 10.1. The number of fused-ring (bicyclic) bond motifs is 2. The minimum absolute atomic E-state index is 0.233. The van der Waals surface area contributed by atoms with Gasteiger partial charge in [-0.2, -0.15) is 0 Å². The van der Waals surface area contributed by atoms with Gasteiger partial charge in [0, 0.05) is 16.6 Å². The molecule has 1 aliphatic heterocycles. The third-order valence-corrected chi connectivity index (χ3v) is 6.25. The summed E-state index contributed by atoms with van der Waals surface area (Å²) in [5.41, 5.74) is 12.4. The highest BCUT2D eigenvalue weighted by Gasteiger charge is 2.31. The van der Waals surface area contributed by atoms with Crippen molar-refractivity contribution < 1.29 is 9.47 Å². The predicted octanol–water partition coefficient (Wildman–Crippen LogP) is 4.68. The average molecular weight is 396 g/mol. The van der Waals surface area contributed by atoms with Crippen molar-refractivity contribution in [3.63, 3.8) is 0 Å². The number of rotatable bonds is 3. The molecule has 1 aliphatic rings. The molecule has 0 unspecified atom stereocenters. The van der Waals surface area contributed by atoms with Crippen LogP contribution in [0.25, 0.3) is 10.2 Å². The average Bonchev–Trinajstić information content (AvgIpc) is 2.95. The van der Waals surface area contributed by atoms with Crippen molar-refractivity contribution in [1.82, 2.24) is 4.98 Å². The molecule has 146 valence electrons. The Labute approximate surface area is 169 Å². The summed E-state index contributed by atoms with van der Waals surface area (Å²) in [6.45, 7) is 8.38. The van der Waals surface area contributed by atoms with Crippen molar-refractivity contribution in [2.75, 3.05) is 20.0 Å². The lowest BCUT2D eigenvalue weighted by atomic mass is 9.86. The zero-order valence-electron chi connectivity index (χ0n) is 17.1. The van der Waals surface area contributed by atoms with E-state index in [1.54, 1.807) is 25.6 Å². The minimum atomic E-state index is -0.233. The number of hydrogen-bond acceptors (Lipinski definition) is 6. The standard InChI is InChI=1S/C22H25N3O2S/c1-11-7-12(2)24-21-17(11)18(23)20(28-21)19-14-9-16(27-6)15(26-5)8-13(14)10-22(3,4)25-19/h7-9H,10,23H2,1-6H3. The van der Waals surface area contributed by atoms with Crippen LogP contribution in [0.2, 0.25) is 0 Å². The Bertz CT molecular complexity index is 1130. The van der Waals surface area contributed by atoms with E-state index in [4.69, 9.17) is 25.2 Å². The highest BCUT2D eigenvalue weighted by atomic mass is 32.1. The molecule has 0 fully saturated rings. The minimum Gasteiger partial charge on any atom is -0.493 e. The van der Waals surface area contributed by atoms with Gasteiger partial charge in [-0.1, -0.05) is 0 Å². The summed E-state index contributed by atoms with van der Waals surface area (Å²) in [6, 6.07) is 6.14. The molecule has 0 saturated heterocycles. The normalized spacial score (nSPS) is 15.3. The van der Waals surface area contributed by atoms with E-state index in [0.29, 0.717) is 5.75 Å². The Morgan fingerprint density at radius 3 is 2.43 bits per heavy atom. The van der Waals surface area contributed by atoms with E-state index in [9.17, 15) is 0 Å². The van der Waals surface area contributed by atoms with Crippen LogP contribution < -0.4 is 15.2 Å². The van der Waals surface area contributed by atoms with Crippen LogP contribution in [0.1, 0.15) is 41.1 Å². The number of aromatic nitrogens is 1. The molecule has 4 rings (SSSR count). The van der Waals surface area contributed by atoms with Crippen molar-refractivity contribution >= 4 is 33.0 Å². The Kier molecular flexibility index (Phi) is 4.34. The lowest BCUT2D eigenvalue weighted by Gasteiger charge is -2.29. The van der Waals surface area contributed by atoms with Crippen LogP contribution in [-0.4, -0.2) is 30.5 Å². The lowest BCUT2D eigenvalue weighted by Crippen LogP contribution is -2.29. The first-order valence-electron chi connectivity index (χ1n) is 9.26. The highest BCUT2D eigenvalue weighted by molar-refractivity contribution is 7.21. The van der Waals surface area contributed by atoms with Crippen molar-refractivity contribution in [1.29, 1.82) is 0 Å². The Morgan fingerprint density at radius 1 is 1.07 bits per heavy atom. The number of pyridine rings is 1. The molecular formula is C22H25N3O2S. The Morgan fingerprint density at radius 2 is 1.75 bits per heavy atom. The summed E-state index contributed by atoms with van der Waals surface area (Å²) in [4.78, 5) is 11.7. The fourth-order valence-corrected chi connectivity index (χ4v) is 5.19. The summed E-state index contributed by atoms with van der Waals surface area (Å²) < 4.78 is 11.1. The van der Waals surface area contributed by atoms with Crippen LogP contribution in [0.3, 0.4) is 0 Å². The number of thiophene rings is 1. The van der Waals surface area contributed by atoms with E-state index >= 15 is 0 Å². The van der Waals surface area contributed by atoms with Crippen LogP contribution in [-0.2, 0) is 6.42 Å². The maximum atomic E-state index is 6.63. The number of anilines is 1. The lowest BCUT2D eigenvalue weighted by molar-refractivity contribution is 0.354. The van der Waals surface area contributed by atoms with E-state index in [0.717, 1.165) is 55.5 Å². The molecule has 0 spiro atoms. The molecule has 6 heteroatoms. The molecule has 3 heterocycles. The zero-order chi connectivity index (χ0) is 20.2.